The minimum Gasteiger partial charge on any atom is -0.872 e. The van der Waals surface area contributed by atoms with Crippen molar-refractivity contribution >= 4 is 5.97 Å². The van der Waals surface area contributed by atoms with Crippen molar-refractivity contribution < 1.29 is 44.2 Å². The summed E-state index contributed by atoms with van der Waals surface area (Å²) < 4.78 is 5.10. The van der Waals surface area contributed by atoms with Gasteiger partial charge in [0.1, 0.15) is 5.60 Å². The Morgan fingerprint density at radius 1 is 1.33 bits per heavy atom. The normalized spacial score (nSPS) is 10.3. The number of esters is 1. The monoisotopic (exact) mass is 216 g/mol. The van der Waals surface area contributed by atoms with Gasteiger partial charge in [-0.2, -0.15) is 0 Å². The van der Waals surface area contributed by atoms with Crippen molar-refractivity contribution in [1.82, 2.24) is 0 Å². The molecular weight excluding hydrogens is 203 g/mol. The molecule has 0 saturated heterocycles. The van der Waals surface area contributed by atoms with Gasteiger partial charge in [-0.15, -0.1) is 5.75 Å². The molecule has 0 N–H and O–H groups in total. The van der Waals surface area contributed by atoms with E-state index < -0.39 is 11.6 Å². The van der Waals surface area contributed by atoms with E-state index in [4.69, 9.17) is 4.74 Å². The molecule has 0 fully saturated rings. The molecule has 1 aromatic carbocycles. The second-order valence-electron chi connectivity index (χ2n) is 4.03. The minimum atomic E-state index is -0.532. The maximum atomic E-state index is 11.5. The van der Waals surface area contributed by atoms with Crippen LogP contribution in [0, 0.1) is 0 Å². The van der Waals surface area contributed by atoms with Crippen molar-refractivity contribution in [2.75, 3.05) is 0 Å². The van der Waals surface area contributed by atoms with E-state index in [1.54, 1.807) is 32.9 Å². The summed E-state index contributed by atoms with van der Waals surface area (Å²) in [7, 11) is 0. The van der Waals surface area contributed by atoms with Crippen LogP contribution in [0.3, 0.4) is 0 Å². The van der Waals surface area contributed by atoms with Gasteiger partial charge in [-0.05, 0) is 26.8 Å². The average molecular weight is 216 g/mol. The van der Waals surface area contributed by atoms with Gasteiger partial charge >= 0.3 is 35.5 Å². The van der Waals surface area contributed by atoms with Crippen molar-refractivity contribution in [1.29, 1.82) is 0 Å². The summed E-state index contributed by atoms with van der Waals surface area (Å²) in [6, 6.07) is 5.78. The maximum Gasteiger partial charge on any atom is 1.00 e. The summed E-state index contributed by atoms with van der Waals surface area (Å²) in [6.07, 6.45) is 0. The summed E-state index contributed by atoms with van der Waals surface area (Å²) in [6.45, 7) is 5.35. The number of ether oxygens (including phenoxy) is 1. The number of hydrogen-bond donors (Lipinski definition) is 0. The molecule has 0 bridgehead atoms. The van der Waals surface area contributed by atoms with Crippen LogP contribution >= 0.6 is 0 Å². The molecule has 0 saturated carbocycles. The van der Waals surface area contributed by atoms with Gasteiger partial charge in [0.25, 0.3) is 0 Å². The molecule has 1 aromatic rings. The molecule has 0 heterocycles. The Kier molecular flexibility index (Phi) is 5.35. The number of benzene rings is 1. The third-order valence-corrected chi connectivity index (χ3v) is 1.47. The predicted octanol–water partition coefficient (Wildman–Crippen LogP) is -1.28. The molecule has 0 spiro atoms. The van der Waals surface area contributed by atoms with Crippen LogP contribution in [0.15, 0.2) is 24.3 Å². The summed E-state index contributed by atoms with van der Waals surface area (Å²) in [4.78, 5) is 11.5. The van der Waals surface area contributed by atoms with E-state index in [0.29, 0.717) is 5.56 Å². The number of carbonyl (C=O) groups excluding carboxylic acids is 1. The summed E-state index contributed by atoms with van der Waals surface area (Å²) in [5.41, 5.74) is -0.233. The molecule has 15 heavy (non-hydrogen) atoms. The molecule has 1 rings (SSSR count). The van der Waals surface area contributed by atoms with Crippen LogP contribution < -0.4 is 34.7 Å². The minimum absolute atomic E-state index is 0. The number of hydrogen-bond acceptors (Lipinski definition) is 3. The Balaban J connectivity index is 0.00000196. The molecule has 0 aliphatic heterocycles. The molecule has 4 heteroatoms. The van der Waals surface area contributed by atoms with Crippen LogP contribution in [-0.2, 0) is 4.74 Å². The molecule has 0 unspecified atom stereocenters. The zero-order valence-electron chi connectivity index (χ0n) is 9.53. The maximum absolute atomic E-state index is 11.5. The fraction of sp³-hybridized carbons (Fsp3) is 0.364. The zero-order valence-corrected chi connectivity index (χ0v) is 11.5. The third-order valence-electron chi connectivity index (χ3n) is 1.47. The van der Waals surface area contributed by atoms with E-state index in [0.717, 1.165) is 0 Å². The van der Waals surface area contributed by atoms with Crippen molar-refractivity contribution in [2.45, 2.75) is 26.4 Å². The Bertz CT molecular complexity index is 342. The van der Waals surface area contributed by atoms with Crippen LogP contribution in [0.25, 0.3) is 0 Å². The summed E-state index contributed by atoms with van der Waals surface area (Å²) in [5.74, 6) is -0.649. The van der Waals surface area contributed by atoms with Crippen LogP contribution in [0.2, 0.25) is 0 Å². The second-order valence-corrected chi connectivity index (χ2v) is 4.03. The smallest absolute Gasteiger partial charge is 0.872 e. The molecule has 0 aliphatic carbocycles. The largest absolute Gasteiger partial charge is 1.00 e. The van der Waals surface area contributed by atoms with Crippen LogP contribution in [0.1, 0.15) is 31.1 Å². The first-order valence-corrected chi connectivity index (χ1v) is 4.39. The molecule has 0 atom stereocenters. The number of carbonyl (C=O) groups is 1. The van der Waals surface area contributed by atoms with Crippen molar-refractivity contribution in [3.63, 3.8) is 0 Å². The summed E-state index contributed by atoms with van der Waals surface area (Å²) >= 11 is 0. The molecular formula is C11H13NaO3. The molecule has 0 radical (unpaired) electrons. The predicted molar refractivity (Wildman–Crippen MR) is 51.1 cm³/mol. The first-order chi connectivity index (χ1) is 6.38. The molecule has 0 amide bonds. The van der Waals surface area contributed by atoms with E-state index in [2.05, 4.69) is 0 Å². The standard InChI is InChI=1S/C11H14O3.Na/c1-11(2,3)14-10(13)8-5-4-6-9(12)7-8;/h4-7,12H,1-3H3;/q;+1/p-1. The second kappa shape index (κ2) is 5.54. The quantitative estimate of drug-likeness (QED) is 0.434. The van der Waals surface area contributed by atoms with Crippen molar-refractivity contribution in [2.24, 2.45) is 0 Å². The molecule has 76 valence electrons. The molecule has 0 aromatic heterocycles. The van der Waals surface area contributed by atoms with Crippen LogP contribution in [0.4, 0.5) is 0 Å². The van der Waals surface area contributed by atoms with Gasteiger partial charge in [-0.3, -0.25) is 0 Å². The molecule has 0 aliphatic rings. The Labute approximate surface area is 112 Å². The van der Waals surface area contributed by atoms with Gasteiger partial charge in [0.05, 0.1) is 5.56 Å². The topological polar surface area (TPSA) is 49.4 Å². The average Bonchev–Trinajstić information content (AvgIpc) is 2.01. The van der Waals surface area contributed by atoms with Gasteiger partial charge in [-0.25, -0.2) is 4.79 Å². The first-order valence-electron chi connectivity index (χ1n) is 4.39. The van der Waals surface area contributed by atoms with Crippen LogP contribution in [-0.4, -0.2) is 11.6 Å². The van der Waals surface area contributed by atoms with Gasteiger partial charge in [-0.1, -0.05) is 18.2 Å². The van der Waals surface area contributed by atoms with Crippen molar-refractivity contribution in [3.05, 3.63) is 29.8 Å². The Morgan fingerprint density at radius 2 is 1.93 bits per heavy atom. The Morgan fingerprint density at radius 3 is 2.40 bits per heavy atom. The van der Waals surface area contributed by atoms with Crippen LogP contribution in [0.5, 0.6) is 5.75 Å². The van der Waals surface area contributed by atoms with Crippen molar-refractivity contribution in [3.8, 4) is 5.75 Å². The molecule has 3 nitrogen and oxygen atoms in total. The van der Waals surface area contributed by atoms with Gasteiger partial charge < -0.3 is 9.84 Å². The van der Waals surface area contributed by atoms with E-state index in [9.17, 15) is 9.90 Å². The van der Waals surface area contributed by atoms with E-state index in [1.807, 2.05) is 0 Å². The zero-order chi connectivity index (χ0) is 10.8. The van der Waals surface area contributed by atoms with Gasteiger partial charge in [0, 0.05) is 0 Å². The fourth-order valence-corrected chi connectivity index (χ4v) is 0.960. The van der Waals surface area contributed by atoms with E-state index in [-0.39, 0.29) is 35.3 Å². The van der Waals surface area contributed by atoms with Gasteiger partial charge in [0.15, 0.2) is 0 Å². The van der Waals surface area contributed by atoms with E-state index >= 15 is 0 Å². The SMILES string of the molecule is CC(C)(C)OC(=O)c1cccc([O-])c1.[Na+]. The fourth-order valence-electron chi connectivity index (χ4n) is 0.960. The van der Waals surface area contributed by atoms with E-state index in [1.165, 1.54) is 12.1 Å². The summed E-state index contributed by atoms with van der Waals surface area (Å²) in [5, 5.41) is 11.0. The first kappa shape index (κ1) is 14.5. The third kappa shape index (κ3) is 5.21. The number of rotatable bonds is 1. The van der Waals surface area contributed by atoms with Gasteiger partial charge in [0.2, 0.25) is 0 Å². The Hall–Kier alpha value is -0.510.